The Bertz CT molecular complexity index is 440. The van der Waals surface area contributed by atoms with E-state index in [9.17, 15) is 104 Å². The number of halogens is 26. The van der Waals surface area contributed by atoms with Crippen molar-refractivity contribution in [1.82, 2.24) is 0 Å². The van der Waals surface area contributed by atoms with Gasteiger partial charge in [-0.15, -0.1) is 11.6 Å². The average molecular weight is 810 g/mol. The molecule has 0 unspecified atom stereocenters. The Balaban J connectivity index is -0.0000000324. The predicted octanol–water partition coefficient (Wildman–Crippen LogP) is 6.39. The average Bonchev–Trinajstić information content (AvgIpc) is 2.44. The minimum absolute atomic E-state index is 0. The maximum atomic E-state index is 9.75. The molecule has 44 heavy (non-hydrogen) atoms. The van der Waals surface area contributed by atoms with Crippen molar-refractivity contribution in [2.24, 2.45) is 11.8 Å². The third-order valence-electron chi connectivity index (χ3n) is 1.08. The van der Waals surface area contributed by atoms with Crippen LogP contribution >= 0.6 is 23.2 Å². The third kappa shape index (κ3) is 1210. The van der Waals surface area contributed by atoms with Crippen LogP contribution < -0.4 is 103 Å². The first-order valence-electron chi connectivity index (χ1n) is 9.53. The molecule has 0 nitrogen and oxygen atoms in total. The molecule has 0 aliphatic carbocycles. The molecule has 0 saturated carbocycles. The largest absolute Gasteiger partial charge is 1.00 e. The minimum Gasteiger partial charge on any atom is -1.00 e. The molecule has 0 N–H and O–H groups in total. The van der Waals surface area contributed by atoms with Gasteiger partial charge in [0.25, 0.3) is 0 Å². The molecule has 0 aromatic heterocycles. The zero-order valence-electron chi connectivity index (χ0n) is 23.9. The molecule has 0 saturated heterocycles. The van der Waals surface area contributed by atoms with Crippen molar-refractivity contribution < 1.29 is 208 Å². The Morgan fingerprint density at radius 3 is 0.614 bits per heavy atom. The van der Waals surface area contributed by atoms with Crippen LogP contribution in [0.25, 0.3) is 0 Å². The van der Waals surface area contributed by atoms with Gasteiger partial charge in [-0.25, -0.2) is 0 Å². The van der Waals surface area contributed by atoms with E-state index in [2.05, 4.69) is 33.2 Å². The van der Waals surface area contributed by atoms with Crippen LogP contribution in [0.1, 0.15) is 35.5 Å². The molecular formula is C10H20B6Cl2F24K2-6. The zero-order valence-corrected chi connectivity index (χ0v) is 30.7. The van der Waals surface area contributed by atoms with E-state index in [0.29, 0.717) is 5.92 Å². The normalized spacial score (nSPS) is 11.1. The van der Waals surface area contributed by atoms with Gasteiger partial charge in [-0.05, 0) is 12.3 Å². The molecule has 0 heterocycles. The number of hydrogen-bond donors (Lipinski definition) is 0. The first kappa shape index (κ1) is 72.1. The first-order chi connectivity index (χ1) is 17.5. The molecule has 0 spiro atoms. The molecule has 0 atom stereocenters. The van der Waals surface area contributed by atoms with Gasteiger partial charge in [0.1, 0.15) is 0 Å². The summed E-state index contributed by atoms with van der Waals surface area (Å²) in [5, 5.41) is 0. The second-order valence-electron chi connectivity index (χ2n) is 6.36. The third-order valence-corrected chi connectivity index (χ3v) is 1.43. The molecule has 0 aliphatic heterocycles. The molecule has 0 rings (SSSR count). The summed E-state index contributed by atoms with van der Waals surface area (Å²) in [6, 6.07) is 0. The van der Waals surface area contributed by atoms with Crippen LogP contribution in [0.3, 0.4) is 0 Å². The van der Waals surface area contributed by atoms with Gasteiger partial charge >= 0.3 is 146 Å². The van der Waals surface area contributed by atoms with Gasteiger partial charge in [-0.2, -0.15) is 0 Å². The van der Waals surface area contributed by atoms with Crippen LogP contribution in [-0.2, 0) is 0 Å². The molecule has 0 fully saturated rings. The van der Waals surface area contributed by atoms with Crippen molar-refractivity contribution in [3.05, 3.63) is 11.6 Å². The van der Waals surface area contributed by atoms with E-state index in [4.69, 9.17) is 23.2 Å². The van der Waals surface area contributed by atoms with Gasteiger partial charge in [0.2, 0.25) is 0 Å². The van der Waals surface area contributed by atoms with Crippen LogP contribution in [0.4, 0.5) is 104 Å². The van der Waals surface area contributed by atoms with E-state index < -0.39 is 43.5 Å². The predicted molar refractivity (Wildman–Crippen MR) is 121 cm³/mol. The van der Waals surface area contributed by atoms with Crippen LogP contribution in [-0.4, -0.2) is 49.4 Å². The monoisotopic (exact) mass is 810 g/mol. The van der Waals surface area contributed by atoms with E-state index >= 15 is 0 Å². The molecule has 0 aliphatic rings. The molecule has 0 aromatic carbocycles. The summed E-state index contributed by atoms with van der Waals surface area (Å²) in [5.74, 6) is 2.10. The first-order valence-corrected chi connectivity index (χ1v) is 10.4. The molecule has 34 heteroatoms. The van der Waals surface area contributed by atoms with Crippen molar-refractivity contribution in [3.63, 3.8) is 0 Å². The van der Waals surface area contributed by atoms with E-state index in [1.807, 2.05) is 6.08 Å². The molecule has 0 amide bonds. The Kier molecular flexibility index (Phi) is 62.5. The smallest absolute Gasteiger partial charge is 1.00 e. The number of allylic oxidation sites excluding steroid dienone is 1. The van der Waals surface area contributed by atoms with Crippen molar-refractivity contribution >= 4 is 66.7 Å². The zero-order chi connectivity index (χ0) is 37.0. The summed E-state index contributed by atoms with van der Waals surface area (Å²) >= 11 is 10.5. The van der Waals surface area contributed by atoms with Gasteiger partial charge in [-0.3, -0.25) is 6.08 Å². The fourth-order valence-electron chi connectivity index (χ4n) is 0.344. The standard InChI is InChI=1S/C5H11Cl.C5H8Cl.6BF4.2K.H/c2*1-5(2)3-4-6;6*2-1(3,4)5;;;/h5H,3-4H2,1-2H3;3,5H,1-2H3;;;;;;;;;/q;7*-1;2*+1;-1. The Morgan fingerprint density at radius 2 is 0.614 bits per heavy atom. The Labute approximate surface area is 333 Å². The molecule has 0 aromatic rings. The summed E-state index contributed by atoms with van der Waals surface area (Å²) in [6.07, 6.45) is 2.95. The number of rotatable bonds is 3. The van der Waals surface area contributed by atoms with E-state index in [1.165, 1.54) is 0 Å². The minimum atomic E-state index is -6.00. The van der Waals surface area contributed by atoms with Gasteiger partial charge in [0.05, 0.1) is 0 Å². The fourth-order valence-corrected chi connectivity index (χ4v) is 1.03. The van der Waals surface area contributed by atoms with Gasteiger partial charge in [0, 0.05) is 5.88 Å². The summed E-state index contributed by atoms with van der Waals surface area (Å²) in [5.41, 5.74) is 2.41. The maximum Gasteiger partial charge on any atom is 1.00 e. The second-order valence-corrected chi connectivity index (χ2v) is 6.96. The molecule has 0 bridgehead atoms. The molecular weight excluding hydrogens is 790 g/mol. The second kappa shape index (κ2) is 38.1. The summed E-state index contributed by atoms with van der Waals surface area (Å²) in [7, 11) is -36.0. The van der Waals surface area contributed by atoms with Crippen LogP contribution in [0.15, 0.2) is 6.08 Å². The SMILES string of the molecule is CC(C)C=[C-]Cl.CC(C)CCCl.F[B-](F)(F)F.F[B-](F)(F)F.F[B-](F)(F)F.F[B-](F)(F)F.F[B-](F)(F)F.F[B-](F)(F)F.[H-].[K+].[K+]. The maximum absolute atomic E-state index is 9.75. The summed E-state index contributed by atoms with van der Waals surface area (Å²) < 4.78 is 234. The molecule has 0 radical (unpaired) electrons. The van der Waals surface area contributed by atoms with Gasteiger partial charge < -0.3 is 122 Å². The van der Waals surface area contributed by atoms with Crippen molar-refractivity contribution in [1.29, 1.82) is 0 Å². The van der Waals surface area contributed by atoms with Crippen LogP contribution in [0.5, 0.6) is 0 Å². The number of hydrogen-bond acceptors (Lipinski definition) is 0. The summed E-state index contributed by atoms with van der Waals surface area (Å²) in [4.78, 5) is 0. The van der Waals surface area contributed by atoms with E-state index in [1.54, 1.807) is 0 Å². The van der Waals surface area contributed by atoms with Crippen LogP contribution in [0.2, 0.25) is 0 Å². The Morgan fingerprint density at radius 1 is 0.477 bits per heavy atom. The van der Waals surface area contributed by atoms with E-state index in [-0.39, 0.29) is 104 Å². The van der Waals surface area contributed by atoms with Crippen LogP contribution in [0, 0.1) is 17.4 Å². The van der Waals surface area contributed by atoms with Crippen molar-refractivity contribution in [2.75, 3.05) is 5.88 Å². The number of alkyl halides is 1. The topological polar surface area (TPSA) is 0 Å². The van der Waals surface area contributed by atoms with Gasteiger partial charge in [-0.1, -0.05) is 33.6 Å². The quantitative estimate of drug-likeness (QED) is 0.134. The summed E-state index contributed by atoms with van der Waals surface area (Å²) in [6.45, 7) is 8.44. The fraction of sp³-hybridized carbons (Fsp3) is 0.800. The van der Waals surface area contributed by atoms with E-state index in [0.717, 1.165) is 18.2 Å². The van der Waals surface area contributed by atoms with Crippen molar-refractivity contribution in [2.45, 2.75) is 34.1 Å². The Hall–Kier alpha value is 2.30. The van der Waals surface area contributed by atoms with Gasteiger partial charge in [0.15, 0.2) is 0 Å². The molecule has 268 valence electrons. The van der Waals surface area contributed by atoms with Crippen molar-refractivity contribution in [3.8, 4) is 0 Å².